The standard InChI is InChI=1S/C16H21NO6/c1-5-6-23-9-12(16(19)20)17-15(18)11-8-14(22-4)13(21-3)7-10(11)2/h5,7-8,12H,1,6,9H2,2-4H3,(H,17,18)(H,19,20). The molecule has 7 heteroatoms. The van der Waals surface area contributed by atoms with Crippen molar-refractivity contribution >= 4 is 11.9 Å². The van der Waals surface area contributed by atoms with Gasteiger partial charge in [0.15, 0.2) is 17.5 Å². The Morgan fingerprint density at radius 3 is 2.43 bits per heavy atom. The summed E-state index contributed by atoms with van der Waals surface area (Å²) in [5.41, 5.74) is 0.939. The van der Waals surface area contributed by atoms with Gasteiger partial charge < -0.3 is 24.6 Å². The minimum Gasteiger partial charge on any atom is -0.493 e. The summed E-state index contributed by atoms with van der Waals surface area (Å²) >= 11 is 0. The smallest absolute Gasteiger partial charge is 0.328 e. The third-order valence-corrected chi connectivity index (χ3v) is 3.10. The summed E-state index contributed by atoms with van der Waals surface area (Å²) in [6.45, 7) is 5.25. The average molecular weight is 323 g/mol. The van der Waals surface area contributed by atoms with Crippen molar-refractivity contribution in [1.29, 1.82) is 0 Å². The van der Waals surface area contributed by atoms with Crippen molar-refractivity contribution in [1.82, 2.24) is 5.32 Å². The van der Waals surface area contributed by atoms with Crippen LogP contribution < -0.4 is 14.8 Å². The second kappa shape index (κ2) is 8.79. The number of methoxy groups -OCH3 is 2. The lowest BCUT2D eigenvalue weighted by molar-refractivity contribution is -0.140. The predicted molar refractivity (Wildman–Crippen MR) is 84.2 cm³/mol. The van der Waals surface area contributed by atoms with Crippen molar-refractivity contribution in [2.75, 3.05) is 27.4 Å². The van der Waals surface area contributed by atoms with E-state index >= 15 is 0 Å². The zero-order valence-electron chi connectivity index (χ0n) is 13.4. The Labute approximate surface area is 134 Å². The first-order chi connectivity index (χ1) is 10.9. The van der Waals surface area contributed by atoms with Gasteiger partial charge in [0.05, 0.1) is 27.4 Å². The maximum absolute atomic E-state index is 12.3. The van der Waals surface area contributed by atoms with E-state index in [1.165, 1.54) is 26.4 Å². The van der Waals surface area contributed by atoms with Gasteiger partial charge in [0, 0.05) is 5.56 Å². The van der Waals surface area contributed by atoms with Crippen LogP contribution in [0.1, 0.15) is 15.9 Å². The zero-order valence-corrected chi connectivity index (χ0v) is 13.4. The van der Waals surface area contributed by atoms with E-state index < -0.39 is 17.9 Å². The van der Waals surface area contributed by atoms with Gasteiger partial charge in [0.25, 0.3) is 5.91 Å². The predicted octanol–water partition coefficient (Wildman–Crippen LogP) is 1.40. The van der Waals surface area contributed by atoms with Crippen LogP contribution in [-0.4, -0.2) is 50.5 Å². The Balaban J connectivity index is 2.94. The summed E-state index contributed by atoms with van der Waals surface area (Å²) in [6, 6.07) is 2.00. The SMILES string of the molecule is C=CCOCC(NC(=O)c1cc(OC)c(OC)cc1C)C(=O)O. The Bertz CT molecular complexity index is 584. The van der Waals surface area contributed by atoms with E-state index in [0.717, 1.165) is 0 Å². The van der Waals surface area contributed by atoms with Gasteiger partial charge in [-0.1, -0.05) is 6.08 Å². The fraction of sp³-hybridized carbons (Fsp3) is 0.375. The van der Waals surface area contributed by atoms with Crippen molar-refractivity contribution in [2.24, 2.45) is 0 Å². The molecule has 1 aromatic carbocycles. The molecule has 126 valence electrons. The van der Waals surface area contributed by atoms with Crippen LogP contribution in [0.4, 0.5) is 0 Å². The van der Waals surface area contributed by atoms with Crippen LogP contribution in [0.3, 0.4) is 0 Å². The number of carboxylic acid groups (broad SMARTS) is 1. The van der Waals surface area contributed by atoms with Crippen LogP contribution in [0.15, 0.2) is 24.8 Å². The normalized spacial score (nSPS) is 11.4. The van der Waals surface area contributed by atoms with E-state index in [4.69, 9.17) is 19.3 Å². The highest BCUT2D eigenvalue weighted by Crippen LogP contribution is 2.30. The molecule has 7 nitrogen and oxygen atoms in total. The molecule has 0 saturated carbocycles. The van der Waals surface area contributed by atoms with E-state index in [-0.39, 0.29) is 13.2 Å². The number of aliphatic carboxylic acids is 1. The highest BCUT2D eigenvalue weighted by Gasteiger charge is 2.22. The van der Waals surface area contributed by atoms with Crippen LogP contribution in [0.2, 0.25) is 0 Å². The van der Waals surface area contributed by atoms with E-state index in [0.29, 0.717) is 22.6 Å². The van der Waals surface area contributed by atoms with Gasteiger partial charge in [-0.15, -0.1) is 6.58 Å². The molecule has 0 saturated heterocycles. The summed E-state index contributed by atoms with van der Waals surface area (Å²) in [6.07, 6.45) is 1.50. The topological polar surface area (TPSA) is 94.1 Å². The van der Waals surface area contributed by atoms with E-state index in [1.54, 1.807) is 13.0 Å². The molecule has 1 unspecified atom stereocenters. The number of hydrogen-bond acceptors (Lipinski definition) is 5. The molecule has 0 bridgehead atoms. The van der Waals surface area contributed by atoms with Crippen molar-refractivity contribution in [3.05, 3.63) is 35.9 Å². The highest BCUT2D eigenvalue weighted by molar-refractivity contribution is 5.98. The van der Waals surface area contributed by atoms with Crippen LogP contribution in [-0.2, 0) is 9.53 Å². The van der Waals surface area contributed by atoms with Gasteiger partial charge in [0.2, 0.25) is 0 Å². The fourth-order valence-corrected chi connectivity index (χ4v) is 1.91. The maximum atomic E-state index is 12.3. The first kappa shape index (κ1) is 18.5. The average Bonchev–Trinajstić information content (AvgIpc) is 2.53. The number of carboxylic acids is 1. The minimum absolute atomic E-state index is 0.153. The van der Waals surface area contributed by atoms with Gasteiger partial charge in [-0.2, -0.15) is 0 Å². The summed E-state index contributed by atoms with van der Waals surface area (Å²) in [7, 11) is 2.95. The van der Waals surface area contributed by atoms with E-state index in [1.807, 2.05) is 0 Å². The first-order valence-corrected chi connectivity index (χ1v) is 6.89. The van der Waals surface area contributed by atoms with Crippen molar-refractivity contribution in [3.8, 4) is 11.5 Å². The van der Waals surface area contributed by atoms with Gasteiger partial charge in [-0.3, -0.25) is 4.79 Å². The molecule has 1 amide bonds. The third-order valence-electron chi connectivity index (χ3n) is 3.10. The lowest BCUT2D eigenvalue weighted by Crippen LogP contribution is -2.44. The number of carbonyl (C=O) groups excluding carboxylic acids is 1. The second-order valence-corrected chi connectivity index (χ2v) is 4.71. The molecule has 0 radical (unpaired) electrons. The Morgan fingerprint density at radius 2 is 1.91 bits per heavy atom. The molecule has 23 heavy (non-hydrogen) atoms. The molecule has 0 aliphatic heterocycles. The maximum Gasteiger partial charge on any atom is 0.328 e. The monoisotopic (exact) mass is 323 g/mol. The van der Waals surface area contributed by atoms with Crippen molar-refractivity contribution in [3.63, 3.8) is 0 Å². The molecule has 0 aliphatic carbocycles. The van der Waals surface area contributed by atoms with Gasteiger partial charge >= 0.3 is 5.97 Å². The number of nitrogens with one attached hydrogen (secondary N) is 1. The lowest BCUT2D eigenvalue weighted by Gasteiger charge is -2.16. The van der Waals surface area contributed by atoms with E-state index in [2.05, 4.69) is 11.9 Å². The quantitative estimate of drug-likeness (QED) is 0.527. The summed E-state index contributed by atoms with van der Waals surface area (Å²) < 4.78 is 15.4. The molecule has 0 spiro atoms. The Kier molecular flexibility index (Phi) is 7.08. The summed E-state index contributed by atoms with van der Waals surface area (Å²) in [4.78, 5) is 23.5. The number of carbonyl (C=O) groups is 2. The van der Waals surface area contributed by atoms with Crippen LogP contribution in [0.5, 0.6) is 11.5 Å². The van der Waals surface area contributed by atoms with Crippen molar-refractivity contribution < 1.29 is 28.9 Å². The largest absolute Gasteiger partial charge is 0.493 e. The molecular weight excluding hydrogens is 302 g/mol. The van der Waals surface area contributed by atoms with Crippen molar-refractivity contribution in [2.45, 2.75) is 13.0 Å². The second-order valence-electron chi connectivity index (χ2n) is 4.71. The molecule has 2 N–H and O–H groups in total. The molecule has 1 rings (SSSR count). The van der Waals surface area contributed by atoms with Gasteiger partial charge in [0.1, 0.15) is 0 Å². The van der Waals surface area contributed by atoms with Crippen LogP contribution in [0.25, 0.3) is 0 Å². The van der Waals surface area contributed by atoms with Crippen LogP contribution >= 0.6 is 0 Å². The summed E-state index contributed by atoms with van der Waals surface area (Å²) in [5, 5.41) is 11.6. The summed E-state index contributed by atoms with van der Waals surface area (Å²) in [5.74, 6) is -0.831. The molecule has 1 aromatic rings. The zero-order chi connectivity index (χ0) is 17.4. The molecule has 0 heterocycles. The molecular formula is C16H21NO6. The fourth-order valence-electron chi connectivity index (χ4n) is 1.91. The number of amides is 1. The Morgan fingerprint density at radius 1 is 1.30 bits per heavy atom. The minimum atomic E-state index is -1.18. The van der Waals surface area contributed by atoms with E-state index in [9.17, 15) is 9.59 Å². The number of rotatable bonds is 9. The third kappa shape index (κ3) is 5.00. The van der Waals surface area contributed by atoms with Gasteiger partial charge in [-0.05, 0) is 24.6 Å². The van der Waals surface area contributed by atoms with Crippen LogP contribution in [0, 0.1) is 6.92 Å². The molecule has 0 aromatic heterocycles. The Hall–Kier alpha value is -2.54. The highest BCUT2D eigenvalue weighted by atomic mass is 16.5. The molecule has 0 aliphatic rings. The lowest BCUT2D eigenvalue weighted by atomic mass is 10.1. The van der Waals surface area contributed by atoms with Gasteiger partial charge in [-0.25, -0.2) is 4.79 Å². The number of aryl methyl sites for hydroxylation is 1. The number of benzene rings is 1. The molecule has 1 atom stereocenters. The number of ether oxygens (including phenoxy) is 3. The molecule has 0 fully saturated rings. The first-order valence-electron chi connectivity index (χ1n) is 6.89. The number of hydrogen-bond donors (Lipinski definition) is 2.